The van der Waals surface area contributed by atoms with Crippen molar-refractivity contribution in [1.29, 1.82) is 0 Å². The summed E-state index contributed by atoms with van der Waals surface area (Å²) in [5, 5.41) is 13.8. The van der Waals surface area contributed by atoms with Gasteiger partial charge in [0.2, 0.25) is 5.91 Å². The molecule has 1 saturated heterocycles. The van der Waals surface area contributed by atoms with Gasteiger partial charge >= 0.3 is 12.0 Å². The summed E-state index contributed by atoms with van der Waals surface area (Å²) in [6.07, 6.45) is 4.71. The molecule has 2 unspecified atom stereocenters. The van der Waals surface area contributed by atoms with E-state index in [2.05, 4.69) is 16.6 Å². The van der Waals surface area contributed by atoms with Crippen LogP contribution in [0.25, 0.3) is 0 Å². The van der Waals surface area contributed by atoms with E-state index >= 15 is 0 Å². The van der Waals surface area contributed by atoms with E-state index in [1.54, 1.807) is 6.92 Å². The Morgan fingerprint density at radius 2 is 2.39 bits per heavy atom. The SMILES string of the molecule is C#CC(C)NC(=O)N1CCNC(=O)C1CC(=O)O. The number of carbonyl (C=O) groups is 3. The summed E-state index contributed by atoms with van der Waals surface area (Å²) in [5.74, 6) is 0.722. The zero-order valence-corrected chi connectivity index (χ0v) is 9.97. The van der Waals surface area contributed by atoms with Crippen LogP contribution in [0.1, 0.15) is 13.3 Å². The number of nitrogens with one attached hydrogen (secondary N) is 2. The standard InChI is InChI=1S/C11H15N3O4/c1-3-7(2)13-11(18)14-5-4-12-10(17)8(14)6-9(15)16/h1,7-8H,4-6H2,2H3,(H,12,17)(H,13,18)(H,15,16). The molecule has 3 N–H and O–H groups in total. The smallest absolute Gasteiger partial charge is 0.319 e. The lowest BCUT2D eigenvalue weighted by Crippen LogP contribution is -2.60. The average Bonchev–Trinajstić information content (AvgIpc) is 2.30. The van der Waals surface area contributed by atoms with E-state index in [1.807, 2.05) is 0 Å². The van der Waals surface area contributed by atoms with Gasteiger partial charge in [-0.15, -0.1) is 6.42 Å². The molecule has 0 spiro atoms. The number of carboxylic acids is 1. The lowest BCUT2D eigenvalue weighted by molar-refractivity contribution is -0.142. The Kier molecular flexibility index (Phi) is 4.54. The van der Waals surface area contributed by atoms with Crippen molar-refractivity contribution in [2.45, 2.75) is 25.4 Å². The van der Waals surface area contributed by atoms with Gasteiger partial charge in [-0.25, -0.2) is 4.79 Å². The molecule has 0 bridgehead atoms. The van der Waals surface area contributed by atoms with Gasteiger partial charge in [0.25, 0.3) is 0 Å². The van der Waals surface area contributed by atoms with Crippen molar-refractivity contribution in [1.82, 2.24) is 15.5 Å². The number of carboxylic acid groups (broad SMARTS) is 1. The Hall–Kier alpha value is -2.23. The van der Waals surface area contributed by atoms with Gasteiger partial charge in [0.05, 0.1) is 12.5 Å². The zero-order valence-electron chi connectivity index (χ0n) is 9.97. The predicted octanol–water partition coefficient (Wildman–Crippen LogP) is -1.01. The molecule has 1 heterocycles. The summed E-state index contributed by atoms with van der Waals surface area (Å²) >= 11 is 0. The van der Waals surface area contributed by atoms with Crippen LogP contribution in [0.2, 0.25) is 0 Å². The van der Waals surface area contributed by atoms with Gasteiger partial charge < -0.3 is 20.6 Å². The van der Waals surface area contributed by atoms with Crippen LogP contribution in [0.5, 0.6) is 0 Å². The van der Waals surface area contributed by atoms with Crippen molar-refractivity contribution in [2.24, 2.45) is 0 Å². The highest BCUT2D eigenvalue weighted by Crippen LogP contribution is 2.09. The summed E-state index contributed by atoms with van der Waals surface area (Å²) in [6.45, 7) is 2.17. The van der Waals surface area contributed by atoms with Crippen LogP contribution in [-0.4, -0.2) is 53.1 Å². The lowest BCUT2D eigenvalue weighted by atomic mass is 10.1. The second-order valence-corrected chi connectivity index (χ2v) is 3.94. The molecule has 18 heavy (non-hydrogen) atoms. The van der Waals surface area contributed by atoms with E-state index in [-0.39, 0.29) is 6.54 Å². The minimum Gasteiger partial charge on any atom is -0.481 e. The molecule has 0 saturated carbocycles. The van der Waals surface area contributed by atoms with Crippen LogP contribution >= 0.6 is 0 Å². The first kappa shape index (κ1) is 13.8. The Balaban J connectivity index is 2.76. The van der Waals surface area contributed by atoms with E-state index in [4.69, 9.17) is 11.5 Å². The fraction of sp³-hybridized carbons (Fsp3) is 0.545. The predicted molar refractivity (Wildman–Crippen MR) is 62.6 cm³/mol. The number of carbonyl (C=O) groups excluding carboxylic acids is 2. The second kappa shape index (κ2) is 5.91. The summed E-state index contributed by atoms with van der Waals surface area (Å²) < 4.78 is 0. The highest BCUT2D eigenvalue weighted by molar-refractivity contribution is 5.91. The maximum Gasteiger partial charge on any atom is 0.319 e. The normalized spacial score (nSPS) is 20.6. The van der Waals surface area contributed by atoms with Crippen LogP contribution in [0.15, 0.2) is 0 Å². The van der Waals surface area contributed by atoms with Gasteiger partial charge in [0.15, 0.2) is 0 Å². The number of nitrogens with zero attached hydrogens (tertiary/aromatic N) is 1. The largest absolute Gasteiger partial charge is 0.481 e. The van der Waals surface area contributed by atoms with E-state index in [0.29, 0.717) is 6.54 Å². The minimum atomic E-state index is -1.14. The highest BCUT2D eigenvalue weighted by atomic mass is 16.4. The average molecular weight is 253 g/mol. The number of amides is 3. The second-order valence-electron chi connectivity index (χ2n) is 3.94. The third kappa shape index (κ3) is 3.38. The summed E-state index contributed by atoms with van der Waals surface area (Å²) in [6, 6.07) is -2.00. The monoisotopic (exact) mass is 253 g/mol. The topological polar surface area (TPSA) is 98.7 Å². The number of aliphatic carboxylic acids is 1. The molecule has 0 aromatic heterocycles. The first-order valence-electron chi connectivity index (χ1n) is 5.48. The fourth-order valence-corrected chi connectivity index (χ4v) is 1.64. The van der Waals surface area contributed by atoms with E-state index < -0.39 is 36.4 Å². The van der Waals surface area contributed by atoms with Gasteiger partial charge in [-0.3, -0.25) is 9.59 Å². The first-order chi connectivity index (χ1) is 8.45. The van der Waals surface area contributed by atoms with Crippen molar-refractivity contribution in [3.8, 4) is 12.3 Å². The molecule has 7 heteroatoms. The molecule has 2 atom stereocenters. The van der Waals surface area contributed by atoms with E-state index in [0.717, 1.165) is 0 Å². The Labute approximate surface area is 105 Å². The van der Waals surface area contributed by atoms with Crippen LogP contribution in [0, 0.1) is 12.3 Å². The van der Waals surface area contributed by atoms with Crippen LogP contribution < -0.4 is 10.6 Å². The molecule has 1 aliphatic rings. The van der Waals surface area contributed by atoms with E-state index in [1.165, 1.54) is 4.90 Å². The van der Waals surface area contributed by atoms with Crippen molar-refractivity contribution in [3.05, 3.63) is 0 Å². The Morgan fingerprint density at radius 1 is 1.72 bits per heavy atom. The van der Waals surface area contributed by atoms with E-state index in [9.17, 15) is 14.4 Å². The fourth-order valence-electron chi connectivity index (χ4n) is 1.64. The van der Waals surface area contributed by atoms with Crippen molar-refractivity contribution in [2.75, 3.05) is 13.1 Å². The molecular formula is C11H15N3O4. The molecule has 1 aliphatic heterocycles. The molecule has 98 valence electrons. The van der Waals surface area contributed by atoms with Gasteiger partial charge in [0, 0.05) is 13.1 Å². The quantitative estimate of drug-likeness (QED) is 0.561. The molecule has 7 nitrogen and oxygen atoms in total. The maximum atomic E-state index is 11.9. The number of terminal acetylenes is 1. The number of hydrogen-bond acceptors (Lipinski definition) is 3. The third-order valence-electron chi connectivity index (χ3n) is 2.55. The van der Waals surface area contributed by atoms with Crippen molar-refractivity contribution in [3.63, 3.8) is 0 Å². The number of piperazine rings is 1. The third-order valence-corrected chi connectivity index (χ3v) is 2.55. The minimum absolute atomic E-state index is 0.257. The summed E-state index contributed by atoms with van der Waals surface area (Å²) in [7, 11) is 0. The van der Waals surface area contributed by atoms with Gasteiger partial charge in [-0.1, -0.05) is 5.92 Å². The van der Waals surface area contributed by atoms with Gasteiger partial charge in [0.1, 0.15) is 6.04 Å². The molecule has 0 aromatic rings. The van der Waals surface area contributed by atoms with Crippen molar-refractivity contribution < 1.29 is 19.5 Å². The molecule has 0 aliphatic carbocycles. The molecule has 1 fully saturated rings. The van der Waals surface area contributed by atoms with Crippen molar-refractivity contribution >= 4 is 17.9 Å². The Bertz CT molecular complexity index is 402. The van der Waals surface area contributed by atoms with Crippen LogP contribution in [-0.2, 0) is 9.59 Å². The van der Waals surface area contributed by atoms with Gasteiger partial charge in [-0.05, 0) is 6.92 Å². The summed E-state index contributed by atoms with van der Waals surface area (Å²) in [4.78, 5) is 35.3. The highest BCUT2D eigenvalue weighted by Gasteiger charge is 2.34. The van der Waals surface area contributed by atoms with Gasteiger partial charge in [-0.2, -0.15) is 0 Å². The maximum absolute atomic E-state index is 11.9. The molecular weight excluding hydrogens is 238 g/mol. The molecule has 3 amide bonds. The lowest BCUT2D eigenvalue weighted by Gasteiger charge is -2.34. The molecule has 0 aromatic carbocycles. The summed E-state index contributed by atoms with van der Waals surface area (Å²) in [5.41, 5.74) is 0. The zero-order chi connectivity index (χ0) is 13.7. The molecule has 0 radical (unpaired) electrons. The first-order valence-corrected chi connectivity index (χ1v) is 5.48. The number of hydrogen-bond donors (Lipinski definition) is 3. The van der Waals surface area contributed by atoms with Crippen LogP contribution in [0.3, 0.4) is 0 Å². The Morgan fingerprint density at radius 3 is 2.94 bits per heavy atom. The van der Waals surface area contributed by atoms with Crippen LogP contribution in [0.4, 0.5) is 4.79 Å². The molecule has 1 rings (SSSR count). The number of rotatable bonds is 3. The number of urea groups is 1.